The van der Waals surface area contributed by atoms with Gasteiger partial charge in [0.15, 0.2) is 5.78 Å². The second kappa shape index (κ2) is 10.9. The van der Waals surface area contributed by atoms with Gasteiger partial charge in [-0.05, 0) is 39.8 Å². The fourth-order valence-corrected chi connectivity index (χ4v) is 1.53. The number of ketones is 1. The van der Waals surface area contributed by atoms with Crippen LogP contribution < -0.4 is 11.0 Å². The minimum atomic E-state index is -0.167. The molecule has 1 rings (SSSR count). The molecule has 0 aliphatic heterocycles. The van der Waals surface area contributed by atoms with Gasteiger partial charge in [0.1, 0.15) is 18.0 Å². The Balaban J connectivity index is 0.00000529. The van der Waals surface area contributed by atoms with E-state index in [1.54, 1.807) is 32.2 Å². The lowest BCUT2D eigenvalue weighted by Crippen LogP contribution is -2.09. The molecule has 8 heteroatoms. The van der Waals surface area contributed by atoms with Crippen LogP contribution in [0.4, 0.5) is 0 Å². The number of oxime groups is 2. The number of hydrogen-bond acceptors (Lipinski definition) is 8. The molecule has 0 saturated heterocycles. The van der Waals surface area contributed by atoms with Crippen LogP contribution in [0.3, 0.4) is 0 Å². The maximum atomic E-state index is 11.7. The Kier molecular flexibility index (Phi) is 9.65. The smallest absolute Gasteiger partial charge is 0.256 e. The zero-order valence-corrected chi connectivity index (χ0v) is 14.7. The van der Waals surface area contributed by atoms with Crippen molar-refractivity contribution in [2.75, 3.05) is 13.7 Å². The number of Topliss-reactive ketones (excluding diaryl/α,β-unsaturated/α-hetero) is 1. The molecule has 3 N–H and O–H groups in total. The molecule has 0 aliphatic carbocycles. The van der Waals surface area contributed by atoms with Crippen LogP contribution in [0.1, 0.15) is 33.3 Å². The van der Waals surface area contributed by atoms with Crippen LogP contribution in [0.2, 0.25) is 0 Å². The van der Waals surface area contributed by atoms with Gasteiger partial charge in [0, 0.05) is 6.20 Å². The maximum Gasteiger partial charge on any atom is 0.256 e. The highest BCUT2D eigenvalue weighted by molar-refractivity contribution is 6.40. The van der Waals surface area contributed by atoms with Crippen LogP contribution in [0, 0.1) is 0 Å². The predicted octanol–water partition coefficient (Wildman–Crippen LogP) is 2.99. The number of methoxy groups -OCH3 is 1. The van der Waals surface area contributed by atoms with Crippen LogP contribution in [-0.4, -0.2) is 35.9 Å². The van der Waals surface area contributed by atoms with E-state index in [0.29, 0.717) is 29.2 Å². The van der Waals surface area contributed by atoms with Crippen LogP contribution in [0.5, 0.6) is 5.88 Å². The van der Waals surface area contributed by atoms with Crippen molar-refractivity contribution >= 4 is 22.8 Å². The van der Waals surface area contributed by atoms with Gasteiger partial charge in [-0.1, -0.05) is 10.3 Å². The second-order valence-electron chi connectivity index (χ2n) is 4.54. The van der Waals surface area contributed by atoms with Crippen LogP contribution >= 0.6 is 0 Å². The number of ether oxygens (including phenoxy) is 1. The molecular weight excluding hydrogens is 312 g/mol. The molecule has 0 saturated carbocycles. The fourth-order valence-electron chi connectivity index (χ4n) is 1.53. The van der Waals surface area contributed by atoms with E-state index in [4.69, 9.17) is 14.4 Å². The number of carbonyl (C=O) groups excluding carboxylic acids is 1. The number of carbonyl (C=O) groups is 1. The van der Waals surface area contributed by atoms with Gasteiger partial charge in [0.2, 0.25) is 0 Å². The summed E-state index contributed by atoms with van der Waals surface area (Å²) in [4.78, 5) is 26.2. The summed E-state index contributed by atoms with van der Waals surface area (Å²) in [5.74, 6) is 0.0362. The highest BCUT2D eigenvalue weighted by Gasteiger charge is 2.15. The van der Waals surface area contributed by atoms with Crippen LogP contribution in [0.15, 0.2) is 34.9 Å². The molecule has 0 bridgehead atoms. The summed E-state index contributed by atoms with van der Waals surface area (Å²) in [5, 5.41) is 7.84. The third-order valence-corrected chi connectivity index (χ3v) is 2.80. The van der Waals surface area contributed by atoms with E-state index in [0.717, 1.165) is 0 Å². The number of aromatic nitrogens is 1. The SMILES string of the molecule is CCO/N=C(C)/C(C)=N/Oc1ncccc1/C(=C\OC)C(C)=O.N. The van der Waals surface area contributed by atoms with Crippen molar-refractivity contribution in [1.29, 1.82) is 0 Å². The number of nitrogens with zero attached hydrogens (tertiary/aromatic N) is 3. The summed E-state index contributed by atoms with van der Waals surface area (Å²) in [6.07, 6.45) is 2.90. The Morgan fingerprint density at radius 2 is 1.92 bits per heavy atom. The Morgan fingerprint density at radius 3 is 2.50 bits per heavy atom. The predicted molar refractivity (Wildman–Crippen MR) is 93.4 cm³/mol. The third kappa shape index (κ3) is 6.17. The molecular formula is C16H24N4O4. The van der Waals surface area contributed by atoms with Crippen molar-refractivity contribution in [3.8, 4) is 5.88 Å². The number of allylic oxidation sites excluding steroid dienone is 1. The summed E-state index contributed by atoms with van der Waals surface area (Å²) in [5.41, 5.74) is 1.97. The van der Waals surface area contributed by atoms with Crippen molar-refractivity contribution in [2.45, 2.75) is 27.7 Å². The van der Waals surface area contributed by atoms with Gasteiger partial charge in [-0.2, -0.15) is 0 Å². The zero-order valence-electron chi connectivity index (χ0n) is 14.7. The van der Waals surface area contributed by atoms with Gasteiger partial charge in [-0.15, -0.1) is 0 Å². The first-order chi connectivity index (χ1) is 11.0. The molecule has 1 heterocycles. The van der Waals surface area contributed by atoms with Crippen LogP contribution in [-0.2, 0) is 14.4 Å². The molecule has 0 spiro atoms. The summed E-state index contributed by atoms with van der Waals surface area (Å²) >= 11 is 0. The van der Waals surface area contributed by atoms with Gasteiger partial charge in [0.05, 0.1) is 24.5 Å². The molecule has 1 aromatic heterocycles. The minimum Gasteiger partial charge on any atom is -0.504 e. The molecule has 0 aliphatic rings. The summed E-state index contributed by atoms with van der Waals surface area (Å²) < 4.78 is 4.95. The highest BCUT2D eigenvalue weighted by Crippen LogP contribution is 2.24. The molecule has 0 aromatic carbocycles. The standard InChI is InChI=1S/C16H21N3O4.H3N/c1-6-22-18-11(2)12(3)19-23-16-14(8-7-9-17-16)15(10-21-5)13(4)20;/h7-10H,6H2,1-5H3;1H3/b15-10-,18-11+,19-12+;. The lowest BCUT2D eigenvalue weighted by Gasteiger charge is -2.08. The van der Waals surface area contributed by atoms with Gasteiger partial charge >= 0.3 is 0 Å². The molecule has 8 nitrogen and oxygen atoms in total. The van der Waals surface area contributed by atoms with Crippen molar-refractivity contribution in [3.05, 3.63) is 30.2 Å². The van der Waals surface area contributed by atoms with Gasteiger partial charge < -0.3 is 20.6 Å². The second-order valence-corrected chi connectivity index (χ2v) is 4.54. The lowest BCUT2D eigenvalue weighted by molar-refractivity contribution is -0.111. The van der Waals surface area contributed by atoms with E-state index < -0.39 is 0 Å². The number of hydrogen-bond donors (Lipinski definition) is 1. The molecule has 1 aromatic rings. The van der Waals surface area contributed by atoms with Crippen molar-refractivity contribution < 1.29 is 19.2 Å². The Bertz CT molecular complexity index is 639. The number of pyridine rings is 1. The first-order valence-corrected chi connectivity index (χ1v) is 7.09. The maximum absolute atomic E-state index is 11.7. The van der Waals surface area contributed by atoms with Crippen molar-refractivity contribution in [2.24, 2.45) is 10.3 Å². The molecule has 0 fully saturated rings. The van der Waals surface area contributed by atoms with E-state index in [-0.39, 0.29) is 17.8 Å². The fraction of sp³-hybridized carbons (Fsp3) is 0.375. The van der Waals surface area contributed by atoms with Crippen molar-refractivity contribution in [1.82, 2.24) is 11.1 Å². The van der Waals surface area contributed by atoms with Crippen LogP contribution in [0.25, 0.3) is 5.57 Å². The molecule has 0 amide bonds. The Labute approximate surface area is 141 Å². The highest BCUT2D eigenvalue weighted by atomic mass is 16.6. The Morgan fingerprint density at radius 1 is 1.25 bits per heavy atom. The summed E-state index contributed by atoms with van der Waals surface area (Å²) in [6, 6.07) is 3.41. The summed E-state index contributed by atoms with van der Waals surface area (Å²) in [6.45, 7) is 7.24. The molecule has 0 unspecified atom stereocenters. The van der Waals surface area contributed by atoms with Gasteiger partial charge in [0.25, 0.3) is 5.88 Å². The monoisotopic (exact) mass is 336 g/mol. The minimum absolute atomic E-state index is 0. The first-order valence-electron chi connectivity index (χ1n) is 7.09. The first kappa shape index (κ1) is 21.3. The van der Waals surface area contributed by atoms with E-state index in [1.807, 2.05) is 6.92 Å². The Hall–Kier alpha value is -2.74. The average molecular weight is 336 g/mol. The van der Waals surface area contributed by atoms with Gasteiger partial charge in [-0.25, -0.2) is 4.98 Å². The molecule has 132 valence electrons. The third-order valence-electron chi connectivity index (χ3n) is 2.80. The van der Waals surface area contributed by atoms with E-state index in [2.05, 4.69) is 15.3 Å². The van der Waals surface area contributed by atoms with E-state index in [1.165, 1.54) is 20.3 Å². The van der Waals surface area contributed by atoms with Gasteiger partial charge in [-0.3, -0.25) is 4.79 Å². The normalized spacial score (nSPS) is 12.3. The quantitative estimate of drug-likeness (QED) is 0.337. The van der Waals surface area contributed by atoms with E-state index in [9.17, 15) is 4.79 Å². The van der Waals surface area contributed by atoms with Crippen molar-refractivity contribution in [3.63, 3.8) is 0 Å². The number of rotatable bonds is 8. The lowest BCUT2D eigenvalue weighted by atomic mass is 10.1. The van der Waals surface area contributed by atoms with E-state index >= 15 is 0 Å². The zero-order chi connectivity index (χ0) is 17.2. The largest absolute Gasteiger partial charge is 0.504 e. The summed E-state index contributed by atoms with van der Waals surface area (Å²) in [7, 11) is 1.47. The topological polar surface area (TPSA) is 117 Å². The molecule has 0 radical (unpaired) electrons. The molecule has 0 atom stereocenters. The molecule has 24 heavy (non-hydrogen) atoms. The average Bonchev–Trinajstić information content (AvgIpc) is 2.55.